The Hall–Kier alpha value is -3.87. The van der Waals surface area contributed by atoms with Crippen LogP contribution in [0.2, 0.25) is 0 Å². The molecule has 40 heavy (non-hydrogen) atoms. The Bertz CT molecular complexity index is 1490. The molecular weight excluding hydrogens is 522 g/mol. The lowest BCUT2D eigenvalue weighted by atomic mass is 9.98. The number of nitrogens with zero attached hydrogens (tertiary/aromatic N) is 1. The lowest BCUT2D eigenvalue weighted by Crippen LogP contribution is -2.52. The van der Waals surface area contributed by atoms with E-state index in [2.05, 4.69) is 41.8 Å². The van der Waals surface area contributed by atoms with Crippen molar-refractivity contribution in [2.24, 2.45) is 0 Å². The Morgan fingerprint density at radius 3 is 2.55 bits per heavy atom. The van der Waals surface area contributed by atoms with Gasteiger partial charge in [0.2, 0.25) is 11.8 Å². The van der Waals surface area contributed by atoms with E-state index < -0.39 is 12.1 Å². The summed E-state index contributed by atoms with van der Waals surface area (Å²) in [4.78, 5) is 28.8. The molecule has 2 N–H and O–H groups in total. The maximum absolute atomic E-state index is 14.1. The van der Waals surface area contributed by atoms with Crippen LogP contribution in [0.3, 0.4) is 0 Å². The quantitative estimate of drug-likeness (QED) is 0.291. The van der Waals surface area contributed by atoms with E-state index in [1.54, 1.807) is 14.0 Å². The number of halogens is 1. The molecule has 208 valence electrons. The number of benzene rings is 4. The maximum Gasteiger partial charge on any atom is 0.249 e. The average molecular weight is 558 g/mol. The summed E-state index contributed by atoms with van der Waals surface area (Å²) >= 11 is 0. The maximum atomic E-state index is 14.1. The molecule has 1 aliphatic rings. The van der Waals surface area contributed by atoms with Gasteiger partial charge in [-0.2, -0.15) is 0 Å². The fourth-order valence-electron chi connectivity index (χ4n) is 5.10. The highest BCUT2D eigenvalue weighted by molar-refractivity contribution is 6.01. The number of carbonyl (C=O) groups is 2. The number of amides is 2. The molecule has 2 amide bonds. The van der Waals surface area contributed by atoms with Crippen molar-refractivity contribution in [2.75, 3.05) is 11.9 Å². The van der Waals surface area contributed by atoms with Crippen LogP contribution in [0.25, 0.3) is 10.8 Å². The van der Waals surface area contributed by atoms with Crippen LogP contribution in [0.1, 0.15) is 35.6 Å². The van der Waals surface area contributed by atoms with Gasteiger partial charge in [-0.1, -0.05) is 72.8 Å². The number of hydrogen-bond donors (Lipinski definition) is 2. The lowest BCUT2D eigenvalue weighted by molar-refractivity contribution is -0.128. The Morgan fingerprint density at radius 1 is 1.02 bits per heavy atom. The third-order valence-electron chi connectivity index (χ3n) is 7.60. The third kappa shape index (κ3) is 6.30. The zero-order valence-electron chi connectivity index (χ0n) is 23.1. The number of anilines is 1. The molecule has 4 aromatic carbocycles. The first-order valence-corrected chi connectivity index (χ1v) is 13.5. The molecule has 7 heteroatoms. The molecule has 2 unspecified atom stereocenters. The normalized spacial score (nSPS) is 15.5. The van der Waals surface area contributed by atoms with Gasteiger partial charge in [0.05, 0.1) is 18.3 Å². The van der Waals surface area contributed by atoms with E-state index in [-0.39, 0.29) is 24.2 Å². The molecule has 1 aliphatic heterocycles. The van der Waals surface area contributed by atoms with Crippen LogP contribution in [0.4, 0.5) is 5.69 Å². The topological polar surface area (TPSA) is 70.7 Å². The number of ether oxygens (including phenoxy) is 1. The van der Waals surface area contributed by atoms with Crippen LogP contribution in [-0.4, -0.2) is 30.9 Å². The van der Waals surface area contributed by atoms with Gasteiger partial charge < -0.3 is 20.3 Å². The lowest BCUT2D eigenvalue weighted by Gasteiger charge is -2.28. The van der Waals surface area contributed by atoms with Crippen LogP contribution in [-0.2, 0) is 29.2 Å². The van der Waals surface area contributed by atoms with Gasteiger partial charge in [-0.25, -0.2) is 0 Å². The predicted molar refractivity (Wildman–Crippen MR) is 163 cm³/mol. The minimum absolute atomic E-state index is 0. The van der Waals surface area contributed by atoms with Crippen molar-refractivity contribution < 1.29 is 14.3 Å². The average Bonchev–Trinajstić information content (AvgIpc) is 3.09. The molecule has 4 aromatic rings. The molecule has 2 atom stereocenters. The smallest absolute Gasteiger partial charge is 0.249 e. The standard InChI is InChI=1S/C33H35N3O3.ClH/c1-22-13-14-25-11-7-8-12-28(25)29(22)20-36-31-19-27(39-21-24-9-5-4-6-10-24)17-15-26(31)16-18-30(33(36)38)35-32(37)23(2)34-3;/h4-15,17,19,23,30,34H,16,18,20-21H2,1-3H3,(H,35,37);1H. The highest BCUT2D eigenvalue weighted by Crippen LogP contribution is 2.34. The summed E-state index contributed by atoms with van der Waals surface area (Å²) in [6.45, 7) is 4.71. The molecule has 0 bridgehead atoms. The number of likely N-dealkylation sites (N-methyl/N-ethyl adjacent to an activating group) is 1. The Morgan fingerprint density at radius 2 is 1.77 bits per heavy atom. The van der Waals surface area contributed by atoms with Crippen LogP contribution in [0.5, 0.6) is 5.75 Å². The van der Waals surface area contributed by atoms with Crippen molar-refractivity contribution in [3.63, 3.8) is 0 Å². The zero-order valence-corrected chi connectivity index (χ0v) is 24.0. The number of carbonyl (C=O) groups excluding carboxylic acids is 2. The molecule has 1 heterocycles. The number of hydrogen-bond acceptors (Lipinski definition) is 4. The minimum atomic E-state index is -0.621. The Labute approximate surface area is 242 Å². The minimum Gasteiger partial charge on any atom is -0.489 e. The molecular formula is C33H36ClN3O3. The van der Waals surface area contributed by atoms with Crippen molar-refractivity contribution in [1.82, 2.24) is 10.6 Å². The largest absolute Gasteiger partial charge is 0.489 e. The van der Waals surface area contributed by atoms with Crippen molar-refractivity contribution in [3.8, 4) is 5.75 Å². The van der Waals surface area contributed by atoms with Crippen LogP contribution in [0.15, 0.2) is 84.9 Å². The summed E-state index contributed by atoms with van der Waals surface area (Å²) in [5.41, 5.74) is 5.18. The van der Waals surface area contributed by atoms with E-state index in [9.17, 15) is 9.59 Å². The fraction of sp³-hybridized carbons (Fsp3) is 0.273. The SMILES string of the molecule is CNC(C)C(=O)NC1CCc2ccc(OCc3ccccc3)cc2N(Cc2c(C)ccc3ccccc23)C1=O.Cl. The van der Waals surface area contributed by atoms with Crippen molar-refractivity contribution in [2.45, 2.75) is 51.9 Å². The second-order valence-electron chi connectivity index (χ2n) is 10.2. The summed E-state index contributed by atoms with van der Waals surface area (Å²) in [5.74, 6) is 0.407. The summed E-state index contributed by atoms with van der Waals surface area (Å²) < 4.78 is 6.15. The highest BCUT2D eigenvalue weighted by atomic mass is 35.5. The van der Waals surface area contributed by atoms with Crippen LogP contribution in [0, 0.1) is 6.92 Å². The first-order chi connectivity index (χ1) is 18.9. The van der Waals surface area contributed by atoms with Crippen molar-refractivity contribution in [3.05, 3.63) is 107 Å². The van der Waals surface area contributed by atoms with E-state index in [0.717, 1.165) is 38.7 Å². The molecule has 0 saturated carbocycles. The number of rotatable bonds is 8. The van der Waals surface area contributed by atoms with E-state index in [1.165, 1.54) is 0 Å². The molecule has 0 radical (unpaired) electrons. The first-order valence-electron chi connectivity index (χ1n) is 13.5. The van der Waals surface area contributed by atoms with Gasteiger partial charge in [0, 0.05) is 6.07 Å². The van der Waals surface area contributed by atoms with Gasteiger partial charge >= 0.3 is 0 Å². The molecule has 5 rings (SSSR count). The van der Waals surface area contributed by atoms with Crippen LogP contribution >= 0.6 is 12.4 Å². The van der Waals surface area contributed by atoms with Crippen molar-refractivity contribution in [1.29, 1.82) is 0 Å². The molecule has 0 aliphatic carbocycles. The second-order valence-corrected chi connectivity index (χ2v) is 10.2. The van der Waals surface area contributed by atoms with Gasteiger partial charge in [-0.15, -0.1) is 12.4 Å². The summed E-state index contributed by atoms with van der Waals surface area (Å²) in [6.07, 6.45) is 1.20. The van der Waals surface area contributed by atoms with Gasteiger partial charge in [0.25, 0.3) is 0 Å². The fourth-order valence-corrected chi connectivity index (χ4v) is 5.10. The number of nitrogens with one attached hydrogen (secondary N) is 2. The monoisotopic (exact) mass is 557 g/mol. The summed E-state index contributed by atoms with van der Waals surface area (Å²) in [7, 11) is 1.74. The van der Waals surface area contributed by atoms with Crippen LogP contribution < -0.4 is 20.3 Å². The van der Waals surface area contributed by atoms with E-state index >= 15 is 0 Å². The van der Waals surface area contributed by atoms with E-state index in [4.69, 9.17) is 4.74 Å². The molecule has 0 spiro atoms. The van der Waals surface area contributed by atoms with Gasteiger partial charge in [0.15, 0.2) is 0 Å². The number of aryl methyl sites for hydroxylation is 2. The number of fused-ring (bicyclic) bond motifs is 2. The Kier molecular flexibility index (Phi) is 9.46. The highest BCUT2D eigenvalue weighted by Gasteiger charge is 2.33. The molecule has 0 saturated heterocycles. The third-order valence-corrected chi connectivity index (χ3v) is 7.60. The summed E-state index contributed by atoms with van der Waals surface area (Å²) in [5, 5.41) is 8.22. The Balaban J connectivity index is 0.00000370. The summed E-state index contributed by atoms with van der Waals surface area (Å²) in [6, 6.07) is 27.5. The second kappa shape index (κ2) is 13.0. The van der Waals surface area contributed by atoms with E-state index in [1.807, 2.05) is 65.6 Å². The van der Waals surface area contributed by atoms with Gasteiger partial charge in [0.1, 0.15) is 18.4 Å². The van der Waals surface area contributed by atoms with Crippen molar-refractivity contribution >= 4 is 40.7 Å². The first kappa shape index (κ1) is 29.1. The predicted octanol–water partition coefficient (Wildman–Crippen LogP) is 5.72. The molecule has 0 fully saturated rings. The van der Waals surface area contributed by atoms with Gasteiger partial charge in [-0.3, -0.25) is 9.59 Å². The molecule has 6 nitrogen and oxygen atoms in total. The zero-order chi connectivity index (χ0) is 27.4. The molecule has 0 aromatic heterocycles. The van der Waals surface area contributed by atoms with E-state index in [0.29, 0.717) is 31.7 Å². The van der Waals surface area contributed by atoms with Gasteiger partial charge in [-0.05, 0) is 72.8 Å².